The van der Waals surface area contributed by atoms with Crippen molar-refractivity contribution < 1.29 is 0 Å². The molecule has 0 fully saturated rings. The summed E-state index contributed by atoms with van der Waals surface area (Å²) >= 11 is 0. The molecule has 1 atom stereocenters. The monoisotopic (exact) mass is 252 g/mol. The Labute approximate surface area is 114 Å². The van der Waals surface area contributed by atoms with Gasteiger partial charge >= 0.3 is 0 Å². The first-order valence-corrected chi connectivity index (χ1v) is 6.86. The zero-order chi connectivity index (χ0) is 13.2. The topological polar surface area (TPSA) is 29.3 Å². The molecule has 2 N–H and O–H groups in total. The summed E-state index contributed by atoms with van der Waals surface area (Å²) in [5, 5.41) is 0. The summed E-state index contributed by atoms with van der Waals surface area (Å²) in [7, 11) is 2.20. The molecule has 1 unspecified atom stereocenters. The van der Waals surface area contributed by atoms with Crippen molar-refractivity contribution in [2.24, 2.45) is 5.73 Å². The molecule has 2 aromatic rings. The van der Waals surface area contributed by atoms with Gasteiger partial charge in [0.25, 0.3) is 0 Å². The molecule has 0 radical (unpaired) electrons. The molecule has 0 saturated carbocycles. The Morgan fingerprint density at radius 3 is 2.84 bits per heavy atom. The van der Waals surface area contributed by atoms with Gasteiger partial charge in [0.1, 0.15) is 0 Å². The van der Waals surface area contributed by atoms with Crippen molar-refractivity contribution >= 4 is 0 Å². The van der Waals surface area contributed by atoms with E-state index in [0.717, 1.165) is 13.0 Å². The van der Waals surface area contributed by atoms with Gasteiger partial charge in [0.15, 0.2) is 0 Å². The van der Waals surface area contributed by atoms with Crippen LogP contribution in [0.15, 0.2) is 48.5 Å². The molecule has 98 valence electrons. The van der Waals surface area contributed by atoms with Crippen LogP contribution in [0.5, 0.6) is 0 Å². The van der Waals surface area contributed by atoms with E-state index in [4.69, 9.17) is 5.73 Å². The molecule has 0 aromatic heterocycles. The molecule has 0 saturated heterocycles. The molecular formula is C17H20N2. The lowest BCUT2D eigenvalue weighted by molar-refractivity contribution is 0.264. The predicted molar refractivity (Wildman–Crippen MR) is 79.0 cm³/mol. The molecule has 1 aliphatic rings. The van der Waals surface area contributed by atoms with Crippen LogP contribution in [0.2, 0.25) is 0 Å². The number of likely N-dealkylation sites (N-methyl/N-ethyl adjacent to an activating group) is 1. The van der Waals surface area contributed by atoms with E-state index < -0.39 is 0 Å². The highest BCUT2D eigenvalue weighted by atomic mass is 15.1. The van der Waals surface area contributed by atoms with Crippen LogP contribution in [-0.2, 0) is 13.0 Å². The maximum atomic E-state index is 5.76. The largest absolute Gasteiger partial charge is 0.326 e. The van der Waals surface area contributed by atoms with Crippen LogP contribution in [0, 0.1) is 0 Å². The highest BCUT2D eigenvalue weighted by molar-refractivity contribution is 5.40. The first-order valence-electron chi connectivity index (χ1n) is 6.86. The summed E-state index contributed by atoms with van der Waals surface area (Å²) in [6.07, 6.45) is 1.14. The van der Waals surface area contributed by atoms with Crippen LogP contribution >= 0.6 is 0 Å². The van der Waals surface area contributed by atoms with E-state index in [1.807, 2.05) is 0 Å². The van der Waals surface area contributed by atoms with Crippen LogP contribution in [0.4, 0.5) is 0 Å². The second-order valence-electron chi connectivity index (χ2n) is 5.28. The van der Waals surface area contributed by atoms with Gasteiger partial charge in [-0.2, -0.15) is 0 Å². The van der Waals surface area contributed by atoms with Crippen molar-refractivity contribution in [1.82, 2.24) is 4.90 Å². The van der Waals surface area contributed by atoms with Gasteiger partial charge in [-0.15, -0.1) is 0 Å². The summed E-state index contributed by atoms with van der Waals surface area (Å²) in [6, 6.07) is 17.8. The summed E-state index contributed by atoms with van der Waals surface area (Å²) in [5.74, 6) is 0. The molecule has 2 nitrogen and oxygen atoms in total. The van der Waals surface area contributed by atoms with E-state index in [-0.39, 0.29) is 0 Å². The number of hydrogen-bond acceptors (Lipinski definition) is 2. The van der Waals surface area contributed by atoms with E-state index in [1.165, 1.54) is 22.3 Å². The van der Waals surface area contributed by atoms with Crippen molar-refractivity contribution in [2.75, 3.05) is 13.6 Å². The molecule has 3 rings (SSSR count). The predicted octanol–water partition coefficient (Wildman–Crippen LogP) is 2.72. The standard InChI is InChI=1S/C17H20N2/c1-19-10-9-14-6-2-3-8-16(14)17(19)15-7-4-5-13(11-15)12-18/h2-8,11,17H,9-10,12,18H2,1H3. The fourth-order valence-corrected chi connectivity index (χ4v) is 3.02. The molecule has 1 aliphatic heterocycles. The lowest BCUT2D eigenvalue weighted by atomic mass is 9.88. The van der Waals surface area contributed by atoms with E-state index >= 15 is 0 Å². The normalized spacial score (nSPS) is 19.2. The lowest BCUT2D eigenvalue weighted by Gasteiger charge is -2.35. The summed E-state index contributed by atoms with van der Waals surface area (Å²) in [6.45, 7) is 1.71. The molecule has 2 heteroatoms. The minimum absolute atomic E-state index is 0.358. The van der Waals surface area contributed by atoms with Crippen molar-refractivity contribution in [1.29, 1.82) is 0 Å². The minimum atomic E-state index is 0.358. The van der Waals surface area contributed by atoms with Gasteiger partial charge in [0.2, 0.25) is 0 Å². The van der Waals surface area contributed by atoms with E-state index in [2.05, 4.69) is 60.5 Å². The number of hydrogen-bond donors (Lipinski definition) is 1. The zero-order valence-electron chi connectivity index (χ0n) is 11.3. The Bertz CT molecular complexity index is 577. The Hall–Kier alpha value is -1.64. The van der Waals surface area contributed by atoms with E-state index in [1.54, 1.807) is 0 Å². The lowest BCUT2D eigenvalue weighted by Crippen LogP contribution is -2.32. The Morgan fingerprint density at radius 1 is 1.16 bits per heavy atom. The second-order valence-corrected chi connectivity index (χ2v) is 5.28. The number of fused-ring (bicyclic) bond motifs is 1. The number of benzene rings is 2. The Morgan fingerprint density at radius 2 is 2.00 bits per heavy atom. The van der Waals surface area contributed by atoms with Gasteiger partial charge in [-0.1, -0.05) is 48.5 Å². The molecular weight excluding hydrogens is 232 g/mol. The molecule has 0 spiro atoms. The van der Waals surface area contributed by atoms with Gasteiger partial charge in [0.05, 0.1) is 6.04 Å². The van der Waals surface area contributed by atoms with Crippen LogP contribution in [0.3, 0.4) is 0 Å². The molecule has 2 aromatic carbocycles. The molecule has 0 amide bonds. The maximum absolute atomic E-state index is 5.76. The fourth-order valence-electron chi connectivity index (χ4n) is 3.02. The third-order valence-corrected chi connectivity index (χ3v) is 4.03. The molecule has 19 heavy (non-hydrogen) atoms. The molecule has 0 aliphatic carbocycles. The van der Waals surface area contributed by atoms with E-state index in [9.17, 15) is 0 Å². The van der Waals surface area contributed by atoms with Crippen molar-refractivity contribution in [3.63, 3.8) is 0 Å². The van der Waals surface area contributed by atoms with Crippen molar-refractivity contribution in [2.45, 2.75) is 19.0 Å². The van der Waals surface area contributed by atoms with Gasteiger partial charge in [-0.25, -0.2) is 0 Å². The van der Waals surface area contributed by atoms with Gasteiger partial charge in [0, 0.05) is 13.1 Å². The average molecular weight is 252 g/mol. The third kappa shape index (κ3) is 2.29. The Kier molecular flexibility index (Phi) is 3.36. The average Bonchev–Trinajstić information content (AvgIpc) is 2.47. The smallest absolute Gasteiger partial charge is 0.0602 e. The second kappa shape index (κ2) is 5.16. The first kappa shape index (κ1) is 12.4. The Balaban J connectivity index is 2.07. The number of nitrogens with zero attached hydrogens (tertiary/aromatic N) is 1. The SMILES string of the molecule is CN1CCc2ccccc2C1c1cccc(CN)c1. The molecule has 1 heterocycles. The third-order valence-electron chi connectivity index (χ3n) is 4.03. The van der Waals surface area contributed by atoms with Gasteiger partial charge in [-0.3, -0.25) is 4.90 Å². The van der Waals surface area contributed by atoms with Crippen molar-refractivity contribution in [3.8, 4) is 0 Å². The number of rotatable bonds is 2. The molecule has 0 bridgehead atoms. The first-order chi connectivity index (χ1) is 9.29. The summed E-state index contributed by atoms with van der Waals surface area (Å²) in [5.41, 5.74) is 11.2. The van der Waals surface area contributed by atoms with Crippen LogP contribution < -0.4 is 5.73 Å². The van der Waals surface area contributed by atoms with Crippen LogP contribution in [0.25, 0.3) is 0 Å². The van der Waals surface area contributed by atoms with Crippen molar-refractivity contribution in [3.05, 3.63) is 70.8 Å². The van der Waals surface area contributed by atoms with Crippen LogP contribution in [-0.4, -0.2) is 18.5 Å². The zero-order valence-corrected chi connectivity index (χ0v) is 11.3. The van der Waals surface area contributed by atoms with Gasteiger partial charge in [-0.05, 0) is 35.7 Å². The minimum Gasteiger partial charge on any atom is -0.326 e. The van der Waals surface area contributed by atoms with E-state index in [0.29, 0.717) is 12.6 Å². The highest BCUT2D eigenvalue weighted by Gasteiger charge is 2.25. The highest BCUT2D eigenvalue weighted by Crippen LogP contribution is 2.34. The quantitative estimate of drug-likeness (QED) is 0.890. The summed E-state index contributed by atoms with van der Waals surface area (Å²) in [4.78, 5) is 2.43. The summed E-state index contributed by atoms with van der Waals surface area (Å²) < 4.78 is 0. The number of nitrogens with two attached hydrogens (primary N) is 1. The maximum Gasteiger partial charge on any atom is 0.0602 e. The fraction of sp³-hybridized carbons (Fsp3) is 0.294. The van der Waals surface area contributed by atoms with Gasteiger partial charge < -0.3 is 5.73 Å². The van der Waals surface area contributed by atoms with Crippen LogP contribution in [0.1, 0.15) is 28.3 Å².